The van der Waals surface area contributed by atoms with Crippen LogP contribution in [-0.2, 0) is 0 Å². The maximum atomic E-state index is 6.43. The maximum absolute atomic E-state index is 6.43. The topological polar surface area (TPSA) is 40.8 Å². The lowest BCUT2D eigenvalue weighted by Crippen LogP contribution is -1.94. The van der Waals surface area contributed by atoms with Crippen LogP contribution in [0.5, 0.6) is 0 Å². The number of aromatic nitrogens is 4. The zero-order valence-corrected chi connectivity index (χ0v) is 81.4. The standard InChI is InChI=1S/C43H27NO.C34H25N.C33H23N.C32H21N/c1-3-17-37-35(15-1)41(31-12-7-10-29(26-31)28-22-24-44-25-23-28)36-16-2-4-18-38(36)42(37)32-13-8-11-30(27-32)33-19-9-20-39-34-14-5-6-21-40(34)45-43(33)39;1-22-11-17-32-30(19-22)31-20-23(2)12-18-33(31)35(32)27-15-13-24(14-16-27)34-28-9-5-3-7-25(28)21-26-8-4-6-10-29(26)34;1-22-25-10-2-4-14-29(25)33(30-15-5-3-11-26(22)30)23-18-20-24(21-19-23)34-31-16-8-6-12-27(31)28-13-7-9-17-32(28)34;1-3-11-26-23(9-1)21-24-10-2-4-12-27(24)32(26)22-17-19-25(20-18-22)33-30-15-7-5-13-28(30)29-14-6-8-16-31(29)33/h1-27H;3-21H,1-2H3;2-21H,1H3;1-21H. The van der Waals surface area contributed by atoms with Crippen LogP contribution in [0.3, 0.4) is 0 Å². The van der Waals surface area contributed by atoms with E-state index in [1.54, 1.807) is 0 Å². The first-order valence-electron chi connectivity index (χ1n) is 50.7. The summed E-state index contributed by atoms with van der Waals surface area (Å²) in [6.45, 7) is 6.57. The summed E-state index contributed by atoms with van der Waals surface area (Å²) in [5.41, 5.74) is 33.9. The summed E-state index contributed by atoms with van der Waals surface area (Å²) in [5.74, 6) is 0. The first-order valence-corrected chi connectivity index (χ1v) is 50.7. The van der Waals surface area contributed by atoms with E-state index in [0.29, 0.717) is 0 Å². The summed E-state index contributed by atoms with van der Waals surface area (Å²) in [5, 5.41) is 30.6. The first-order chi connectivity index (χ1) is 72.7. The third kappa shape index (κ3) is 15.1. The molecule has 5 heteroatoms. The van der Waals surface area contributed by atoms with Gasteiger partial charge in [0.2, 0.25) is 0 Å². The van der Waals surface area contributed by atoms with Crippen LogP contribution in [0.4, 0.5) is 0 Å². The van der Waals surface area contributed by atoms with E-state index in [9.17, 15) is 0 Å². The second-order valence-corrected chi connectivity index (χ2v) is 38.8. The number of rotatable bonds is 10. The van der Waals surface area contributed by atoms with Crippen LogP contribution in [0.2, 0.25) is 0 Å². The number of benzene rings is 25. The fraction of sp³-hybridized carbons (Fsp3) is 0.0211. The molecular formula is C142H96N4O. The highest BCUT2D eigenvalue weighted by Gasteiger charge is 2.24. The summed E-state index contributed by atoms with van der Waals surface area (Å²) in [7, 11) is 0. The van der Waals surface area contributed by atoms with Gasteiger partial charge in [0.15, 0.2) is 0 Å². The molecule has 0 spiro atoms. The number of nitrogens with zero attached hydrogens (tertiary/aromatic N) is 4. The molecule has 0 N–H and O–H groups in total. The van der Waals surface area contributed by atoms with Crippen LogP contribution in [0.15, 0.2) is 532 Å². The fourth-order valence-electron chi connectivity index (χ4n) is 23.5. The SMILES string of the molecule is Cc1c2ccccc2c(-c2ccc(-n3c4ccccc4c4ccccc43)cc2)c2ccccc12.Cc1ccc2c(c1)c1cc(C)ccc1n2-c1ccc(-c2c3ccccc3cc3ccccc23)cc1.c1cc(-c2ccncc2)cc(-c2c3ccccc3c(-c3cccc(-c4cccc5c4oc4ccccc45)c3)c3ccccc23)c1.c1ccc2c(-c3ccc(-n4c5ccccc5c5ccccc54)cc3)c3ccccc3cc2c1. The number of aryl methyl sites for hydroxylation is 3. The predicted octanol–water partition coefficient (Wildman–Crippen LogP) is 39.2. The lowest BCUT2D eigenvalue weighted by atomic mass is 9.85. The van der Waals surface area contributed by atoms with Crippen LogP contribution in [-0.4, -0.2) is 18.7 Å². The van der Waals surface area contributed by atoms with Gasteiger partial charge in [-0.3, -0.25) is 4.98 Å². The molecule has 0 aliphatic heterocycles. The molecule has 5 aromatic heterocycles. The Bertz CT molecular complexity index is 10100. The molecule has 25 aromatic carbocycles. The van der Waals surface area contributed by atoms with E-state index < -0.39 is 0 Å². The van der Waals surface area contributed by atoms with E-state index in [1.807, 2.05) is 24.5 Å². The molecule has 5 heterocycles. The smallest absolute Gasteiger partial charge is 0.143 e. The van der Waals surface area contributed by atoms with Crippen LogP contribution in [0.1, 0.15) is 16.7 Å². The summed E-state index contributed by atoms with van der Waals surface area (Å²) in [4.78, 5) is 4.22. The molecule has 0 radical (unpaired) electrons. The highest BCUT2D eigenvalue weighted by molar-refractivity contribution is 6.24. The number of fused-ring (bicyclic) bond motifs is 20. The summed E-state index contributed by atoms with van der Waals surface area (Å²) in [6.07, 6.45) is 3.70. The number of para-hydroxylation sites is 6. The molecule has 0 atom stereocenters. The average molecular weight is 1870 g/mol. The summed E-state index contributed by atoms with van der Waals surface area (Å²) < 4.78 is 13.6. The van der Waals surface area contributed by atoms with Gasteiger partial charge in [0, 0.05) is 78.1 Å². The Morgan fingerprint density at radius 3 is 0.837 bits per heavy atom. The van der Waals surface area contributed by atoms with Crippen molar-refractivity contribution in [1.82, 2.24) is 18.7 Å². The number of pyridine rings is 1. The zero-order chi connectivity index (χ0) is 97.7. The predicted molar refractivity (Wildman–Crippen MR) is 626 cm³/mol. The molecule has 690 valence electrons. The molecule has 0 saturated heterocycles. The van der Waals surface area contributed by atoms with Gasteiger partial charge in [-0.15, -0.1) is 0 Å². The maximum Gasteiger partial charge on any atom is 0.143 e. The molecule has 30 aromatic rings. The van der Waals surface area contributed by atoms with Gasteiger partial charge in [0.05, 0.1) is 33.1 Å². The molecule has 147 heavy (non-hydrogen) atoms. The van der Waals surface area contributed by atoms with Gasteiger partial charge in [-0.05, 0) is 312 Å². The Labute approximate surface area is 850 Å². The third-order valence-corrected chi connectivity index (χ3v) is 30.2. The minimum atomic E-state index is 0.914. The van der Waals surface area contributed by atoms with Gasteiger partial charge < -0.3 is 18.1 Å². The largest absolute Gasteiger partial charge is 0.455 e. The van der Waals surface area contributed by atoms with Crippen molar-refractivity contribution < 1.29 is 4.42 Å². The van der Waals surface area contributed by atoms with Crippen molar-refractivity contribution in [3.63, 3.8) is 0 Å². The van der Waals surface area contributed by atoms with Crippen molar-refractivity contribution in [1.29, 1.82) is 0 Å². The Morgan fingerprint density at radius 1 is 0.170 bits per heavy atom. The summed E-state index contributed by atoms with van der Waals surface area (Å²) in [6, 6.07) is 187. The second-order valence-electron chi connectivity index (χ2n) is 38.8. The Kier molecular flexibility index (Phi) is 21.6. The van der Waals surface area contributed by atoms with Crippen molar-refractivity contribution in [2.45, 2.75) is 20.8 Å². The molecule has 0 aliphatic carbocycles. The average Bonchev–Trinajstić information content (AvgIpc) is 1.65. The van der Waals surface area contributed by atoms with E-state index in [1.165, 1.54) is 247 Å². The van der Waals surface area contributed by atoms with E-state index in [-0.39, 0.29) is 0 Å². The lowest BCUT2D eigenvalue weighted by Gasteiger charge is -2.18. The van der Waals surface area contributed by atoms with Crippen LogP contribution in [0, 0.1) is 20.8 Å². The molecule has 0 fully saturated rings. The van der Waals surface area contributed by atoms with Gasteiger partial charge in [0.1, 0.15) is 11.2 Å². The van der Waals surface area contributed by atoms with Crippen LogP contribution >= 0.6 is 0 Å². The molecule has 5 nitrogen and oxygen atoms in total. The van der Waals surface area contributed by atoms with Crippen LogP contribution < -0.4 is 0 Å². The lowest BCUT2D eigenvalue weighted by molar-refractivity contribution is 0.670. The van der Waals surface area contributed by atoms with Crippen molar-refractivity contribution in [2.24, 2.45) is 0 Å². The number of furan rings is 1. The molecular weight excluding hydrogens is 1780 g/mol. The van der Waals surface area contributed by atoms with Gasteiger partial charge in [0.25, 0.3) is 0 Å². The van der Waals surface area contributed by atoms with Crippen molar-refractivity contribution >= 4 is 174 Å². The quantitative estimate of drug-likeness (QED) is 0.128. The van der Waals surface area contributed by atoms with Crippen molar-refractivity contribution in [2.75, 3.05) is 0 Å². The Hall–Kier alpha value is -19.1. The minimum absolute atomic E-state index is 0.914. The molecule has 30 rings (SSSR count). The zero-order valence-electron chi connectivity index (χ0n) is 81.4. The minimum Gasteiger partial charge on any atom is -0.455 e. The molecule has 0 amide bonds. The highest BCUT2D eigenvalue weighted by atomic mass is 16.3. The third-order valence-electron chi connectivity index (χ3n) is 30.2. The molecule has 0 saturated carbocycles. The normalized spacial score (nSPS) is 11.6. The van der Waals surface area contributed by atoms with E-state index in [2.05, 4.69) is 543 Å². The second kappa shape index (κ2) is 36.5. The first kappa shape index (κ1) is 87.0. The monoisotopic (exact) mass is 1870 g/mol. The number of hydrogen-bond donors (Lipinski definition) is 0. The fourth-order valence-corrected chi connectivity index (χ4v) is 23.5. The van der Waals surface area contributed by atoms with Crippen molar-refractivity contribution in [3.05, 3.63) is 545 Å². The Balaban J connectivity index is 0.0000000977. The van der Waals surface area contributed by atoms with Gasteiger partial charge in [-0.2, -0.15) is 0 Å². The van der Waals surface area contributed by atoms with Gasteiger partial charge in [-0.1, -0.05) is 399 Å². The van der Waals surface area contributed by atoms with Crippen LogP contribution in [0.25, 0.3) is 268 Å². The highest BCUT2D eigenvalue weighted by Crippen LogP contribution is 2.49. The van der Waals surface area contributed by atoms with E-state index >= 15 is 0 Å². The molecule has 0 unspecified atom stereocenters. The van der Waals surface area contributed by atoms with Gasteiger partial charge >= 0.3 is 0 Å². The summed E-state index contributed by atoms with van der Waals surface area (Å²) >= 11 is 0. The Morgan fingerprint density at radius 2 is 0.449 bits per heavy atom. The molecule has 0 bridgehead atoms. The molecule has 0 aliphatic rings. The van der Waals surface area contributed by atoms with Crippen molar-refractivity contribution in [3.8, 4) is 95.0 Å². The number of hydrogen-bond acceptors (Lipinski definition) is 2. The van der Waals surface area contributed by atoms with E-state index in [0.717, 1.165) is 38.6 Å². The van der Waals surface area contributed by atoms with E-state index in [4.69, 9.17) is 4.42 Å². The van der Waals surface area contributed by atoms with Gasteiger partial charge in [-0.25, -0.2) is 0 Å².